The zero-order valence-electron chi connectivity index (χ0n) is 10.7. The Morgan fingerprint density at radius 2 is 2.11 bits per heavy atom. The standard InChI is InChI=1S/C11H14N2O5S/c1-4-6(10(17)18-3)12-11-13-7(9(15)16)8(19-11)5(2)14/h6H,4H2,1-3H3,(H,12,13)(H,15,16). The summed E-state index contributed by atoms with van der Waals surface area (Å²) in [5.41, 5.74) is -0.306. The highest BCUT2D eigenvalue weighted by Gasteiger charge is 2.23. The van der Waals surface area contributed by atoms with Gasteiger partial charge >= 0.3 is 11.9 Å². The van der Waals surface area contributed by atoms with Gasteiger partial charge < -0.3 is 15.2 Å². The molecule has 0 fully saturated rings. The van der Waals surface area contributed by atoms with E-state index in [2.05, 4.69) is 15.0 Å². The fourth-order valence-electron chi connectivity index (χ4n) is 1.38. The van der Waals surface area contributed by atoms with Crippen LogP contribution in [0.25, 0.3) is 0 Å². The van der Waals surface area contributed by atoms with Crippen molar-refractivity contribution in [3.8, 4) is 0 Å². The summed E-state index contributed by atoms with van der Waals surface area (Å²) >= 11 is 0.907. The second kappa shape index (κ2) is 6.28. The van der Waals surface area contributed by atoms with Gasteiger partial charge in [-0.05, 0) is 6.42 Å². The van der Waals surface area contributed by atoms with Crippen LogP contribution in [0.5, 0.6) is 0 Å². The second-order valence-corrected chi connectivity index (χ2v) is 4.69. The van der Waals surface area contributed by atoms with Gasteiger partial charge in [0, 0.05) is 6.92 Å². The van der Waals surface area contributed by atoms with Crippen LogP contribution in [0.2, 0.25) is 0 Å². The molecular formula is C11H14N2O5S. The molecule has 0 spiro atoms. The molecule has 0 saturated carbocycles. The Balaban J connectivity index is 3.02. The maximum Gasteiger partial charge on any atom is 0.356 e. The van der Waals surface area contributed by atoms with E-state index >= 15 is 0 Å². The summed E-state index contributed by atoms with van der Waals surface area (Å²) in [4.78, 5) is 37.6. The van der Waals surface area contributed by atoms with Crippen LogP contribution in [0.1, 0.15) is 40.4 Å². The highest BCUT2D eigenvalue weighted by molar-refractivity contribution is 7.17. The van der Waals surface area contributed by atoms with Crippen LogP contribution in [0.3, 0.4) is 0 Å². The fourth-order valence-corrected chi connectivity index (χ4v) is 2.29. The summed E-state index contributed by atoms with van der Waals surface area (Å²) in [5.74, 6) is -2.13. The number of thiazole rings is 1. The van der Waals surface area contributed by atoms with Gasteiger partial charge in [-0.1, -0.05) is 18.3 Å². The number of carbonyl (C=O) groups is 3. The van der Waals surface area contributed by atoms with Crippen molar-refractivity contribution in [1.29, 1.82) is 0 Å². The number of anilines is 1. The monoisotopic (exact) mass is 286 g/mol. The molecule has 0 aromatic carbocycles. The van der Waals surface area contributed by atoms with Crippen molar-refractivity contribution in [3.05, 3.63) is 10.6 Å². The molecule has 1 rings (SSSR count). The van der Waals surface area contributed by atoms with E-state index in [1.165, 1.54) is 14.0 Å². The number of aromatic carboxylic acids is 1. The van der Waals surface area contributed by atoms with Crippen LogP contribution in [0.15, 0.2) is 0 Å². The topological polar surface area (TPSA) is 106 Å². The molecule has 19 heavy (non-hydrogen) atoms. The normalized spacial score (nSPS) is 11.7. The van der Waals surface area contributed by atoms with Gasteiger partial charge in [-0.2, -0.15) is 0 Å². The molecule has 0 aliphatic heterocycles. The molecule has 104 valence electrons. The fraction of sp³-hybridized carbons (Fsp3) is 0.455. The van der Waals surface area contributed by atoms with Crippen molar-refractivity contribution in [3.63, 3.8) is 0 Å². The molecule has 1 atom stereocenters. The molecule has 1 unspecified atom stereocenters. The summed E-state index contributed by atoms with van der Waals surface area (Å²) in [6, 6.07) is -0.627. The van der Waals surface area contributed by atoms with Crippen molar-refractivity contribution in [2.45, 2.75) is 26.3 Å². The van der Waals surface area contributed by atoms with Gasteiger partial charge in [0.25, 0.3) is 0 Å². The Labute approximate surface area is 113 Å². The summed E-state index contributed by atoms with van der Waals surface area (Å²) in [6.07, 6.45) is 0.448. The third-order valence-corrected chi connectivity index (χ3v) is 3.43. The molecule has 1 heterocycles. The minimum atomic E-state index is -1.28. The number of hydrogen-bond acceptors (Lipinski definition) is 7. The van der Waals surface area contributed by atoms with Crippen LogP contribution >= 0.6 is 11.3 Å². The van der Waals surface area contributed by atoms with E-state index in [1.807, 2.05) is 0 Å². The Morgan fingerprint density at radius 3 is 2.47 bits per heavy atom. The largest absolute Gasteiger partial charge is 0.476 e. The quantitative estimate of drug-likeness (QED) is 0.601. The van der Waals surface area contributed by atoms with E-state index in [0.717, 1.165) is 11.3 Å². The number of carbonyl (C=O) groups excluding carboxylic acids is 2. The van der Waals surface area contributed by atoms with E-state index in [4.69, 9.17) is 5.11 Å². The number of ether oxygens (including phenoxy) is 1. The minimum absolute atomic E-state index is 0.0507. The first-order chi connectivity index (χ1) is 8.90. The number of aromatic nitrogens is 1. The van der Waals surface area contributed by atoms with Crippen molar-refractivity contribution in [2.75, 3.05) is 12.4 Å². The third kappa shape index (κ3) is 3.50. The lowest BCUT2D eigenvalue weighted by Gasteiger charge is -2.12. The van der Waals surface area contributed by atoms with Crippen molar-refractivity contribution >= 4 is 34.2 Å². The summed E-state index contributed by atoms with van der Waals surface area (Å²) in [6.45, 7) is 3.04. The number of esters is 1. The Morgan fingerprint density at radius 1 is 1.47 bits per heavy atom. The number of carboxylic acids is 1. The van der Waals surface area contributed by atoms with E-state index < -0.39 is 18.0 Å². The smallest absolute Gasteiger partial charge is 0.356 e. The van der Waals surface area contributed by atoms with E-state index in [1.54, 1.807) is 6.92 Å². The van der Waals surface area contributed by atoms with Crippen LogP contribution in [-0.4, -0.2) is 41.0 Å². The first-order valence-electron chi connectivity index (χ1n) is 5.50. The molecule has 8 heteroatoms. The number of nitrogens with zero attached hydrogens (tertiary/aromatic N) is 1. The van der Waals surface area contributed by atoms with E-state index in [0.29, 0.717) is 6.42 Å². The van der Waals surface area contributed by atoms with Gasteiger partial charge in [0.05, 0.1) is 7.11 Å². The van der Waals surface area contributed by atoms with E-state index in [-0.39, 0.29) is 21.5 Å². The van der Waals surface area contributed by atoms with Crippen LogP contribution < -0.4 is 5.32 Å². The summed E-state index contributed by atoms with van der Waals surface area (Å²) in [7, 11) is 1.26. The highest BCUT2D eigenvalue weighted by atomic mass is 32.1. The Kier molecular flexibility index (Phi) is 4.99. The van der Waals surface area contributed by atoms with Gasteiger partial charge in [0.2, 0.25) is 0 Å². The number of Topliss-reactive ketones (excluding diaryl/α,β-unsaturated/α-hetero) is 1. The first-order valence-corrected chi connectivity index (χ1v) is 6.31. The number of hydrogen-bond donors (Lipinski definition) is 2. The van der Waals surface area contributed by atoms with Gasteiger partial charge in [-0.25, -0.2) is 14.6 Å². The lowest BCUT2D eigenvalue weighted by molar-refractivity contribution is -0.141. The average Bonchev–Trinajstić information content (AvgIpc) is 2.79. The maximum atomic E-state index is 11.4. The molecule has 0 bridgehead atoms. The first kappa shape index (κ1) is 15.1. The lowest BCUT2D eigenvalue weighted by atomic mass is 10.2. The molecule has 0 amide bonds. The molecule has 2 N–H and O–H groups in total. The van der Waals surface area contributed by atoms with Crippen LogP contribution in [-0.2, 0) is 9.53 Å². The van der Waals surface area contributed by atoms with Crippen molar-refractivity contribution in [1.82, 2.24) is 4.98 Å². The highest BCUT2D eigenvalue weighted by Crippen LogP contribution is 2.24. The molecular weight excluding hydrogens is 272 g/mol. The number of methoxy groups -OCH3 is 1. The molecule has 0 radical (unpaired) electrons. The molecule has 0 saturated heterocycles. The Hall–Kier alpha value is -1.96. The van der Waals surface area contributed by atoms with Crippen LogP contribution in [0, 0.1) is 0 Å². The van der Waals surface area contributed by atoms with Crippen molar-refractivity contribution < 1.29 is 24.2 Å². The Bertz CT molecular complexity index is 480. The average molecular weight is 286 g/mol. The zero-order valence-corrected chi connectivity index (χ0v) is 11.5. The SMILES string of the molecule is CCC(Nc1nc(C(=O)O)c(C(C)=O)s1)C(=O)OC. The van der Waals surface area contributed by atoms with Gasteiger partial charge in [0.1, 0.15) is 10.9 Å². The predicted molar refractivity (Wildman–Crippen MR) is 68.8 cm³/mol. The molecule has 1 aromatic heterocycles. The van der Waals surface area contributed by atoms with Crippen molar-refractivity contribution in [2.24, 2.45) is 0 Å². The molecule has 0 aliphatic rings. The second-order valence-electron chi connectivity index (χ2n) is 3.69. The zero-order chi connectivity index (χ0) is 14.6. The predicted octanol–water partition coefficient (Wildman–Crippen LogP) is 1.41. The van der Waals surface area contributed by atoms with Gasteiger partial charge in [-0.15, -0.1) is 0 Å². The molecule has 1 aromatic rings. The summed E-state index contributed by atoms with van der Waals surface area (Å²) < 4.78 is 4.60. The molecule has 7 nitrogen and oxygen atoms in total. The summed E-state index contributed by atoms with van der Waals surface area (Å²) in [5, 5.41) is 11.9. The minimum Gasteiger partial charge on any atom is -0.476 e. The lowest BCUT2D eigenvalue weighted by Crippen LogP contribution is -2.29. The number of rotatable bonds is 6. The number of carboxylic acid groups (broad SMARTS) is 1. The van der Waals surface area contributed by atoms with Gasteiger partial charge in [0.15, 0.2) is 16.6 Å². The number of ketones is 1. The maximum absolute atomic E-state index is 11.4. The van der Waals surface area contributed by atoms with Gasteiger partial charge in [-0.3, -0.25) is 4.79 Å². The van der Waals surface area contributed by atoms with Crippen LogP contribution in [0.4, 0.5) is 5.13 Å². The number of nitrogens with one attached hydrogen (secondary N) is 1. The third-order valence-electron chi connectivity index (χ3n) is 2.34. The molecule has 0 aliphatic carbocycles. The van der Waals surface area contributed by atoms with E-state index in [9.17, 15) is 14.4 Å².